The number of fused-ring (bicyclic) bond motifs is 1. The molecule has 2 nitrogen and oxygen atoms in total. The maximum atomic E-state index is 9.58. The van der Waals surface area contributed by atoms with E-state index >= 15 is 0 Å². The third-order valence-corrected chi connectivity index (χ3v) is 2.50. The van der Waals surface area contributed by atoms with Crippen LogP contribution in [0.4, 0.5) is 0 Å². The molecule has 0 bridgehead atoms. The molecule has 2 aromatic rings. The van der Waals surface area contributed by atoms with Crippen LogP contribution in [0, 0.1) is 6.92 Å². The van der Waals surface area contributed by atoms with Crippen LogP contribution in [0.25, 0.3) is 11.0 Å². The van der Waals surface area contributed by atoms with E-state index in [1.807, 2.05) is 19.1 Å². The Labute approximate surface area is 83.2 Å². The summed E-state index contributed by atoms with van der Waals surface area (Å²) in [5.41, 5.74) is 1.84. The molecule has 0 aliphatic carbocycles. The number of para-hydroxylation sites is 1. The number of phenols is 1. The summed E-state index contributed by atoms with van der Waals surface area (Å²) in [4.78, 5) is 0. The highest BCUT2D eigenvalue weighted by Gasteiger charge is 2.11. The first-order valence-electron chi connectivity index (χ1n) is 4.94. The quantitative estimate of drug-likeness (QED) is 0.787. The van der Waals surface area contributed by atoms with E-state index in [9.17, 15) is 5.11 Å². The van der Waals surface area contributed by atoms with E-state index in [1.165, 1.54) is 5.56 Å². The zero-order valence-electron chi connectivity index (χ0n) is 8.50. The van der Waals surface area contributed by atoms with Crippen LogP contribution < -0.4 is 0 Å². The number of phenolic OH excluding ortho intramolecular Hbond substituents is 1. The molecular formula is C12H14O2. The Kier molecular flexibility index (Phi) is 2.20. The maximum absolute atomic E-state index is 9.58. The van der Waals surface area contributed by atoms with E-state index in [4.69, 9.17) is 4.42 Å². The molecule has 1 aromatic heterocycles. The number of hydrogen-bond donors (Lipinski definition) is 1. The van der Waals surface area contributed by atoms with Gasteiger partial charge in [0.2, 0.25) is 0 Å². The van der Waals surface area contributed by atoms with Gasteiger partial charge in [-0.1, -0.05) is 25.5 Å². The van der Waals surface area contributed by atoms with E-state index in [0.717, 1.165) is 24.0 Å². The molecule has 0 radical (unpaired) electrons. The van der Waals surface area contributed by atoms with Gasteiger partial charge in [0.25, 0.3) is 0 Å². The molecule has 74 valence electrons. The van der Waals surface area contributed by atoms with Gasteiger partial charge in [0.05, 0.1) is 0 Å². The predicted molar refractivity (Wildman–Crippen MR) is 56.6 cm³/mol. The lowest BCUT2D eigenvalue weighted by atomic mass is 10.1. The van der Waals surface area contributed by atoms with Crippen molar-refractivity contribution in [3.05, 3.63) is 29.5 Å². The molecule has 0 atom stereocenters. The molecule has 0 fully saturated rings. The Bertz CT molecular complexity index is 455. The summed E-state index contributed by atoms with van der Waals surface area (Å²) in [6.45, 7) is 4.09. The van der Waals surface area contributed by atoms with Crippen molar-refractivity contribution < 1.29 is 9.52 Å². The van der Waals surface area contributed by atoms with Crippen molar-refractivity contribution in [1.29, 1.82) is 0 Å². The topological polar surface area (TPSA) is 33.4 Å². The zero-order valence-corrected chi connectivity index (χ0v) is 8.50. The minimum absolute atomic E-state index is 0.230. The summed E-state index contributed by atoms with van der Waals surface area (Å²) in [6.07, 6.45) is 2.09. The lowest BCUT2D eigenvalue weighted by Crippen LogP contribution is -1.82. The van der Waals surface area contributed by atoms with Gasteiger partial charge < -0.3 is 9.52 Å². The Morgan fingerprint density at radius 2 is 2.14 bits per heavy atom. The third kappa shape index (κ3) is 1.27. The molecule has 1 aromatic carbocycles. The molecule has 2 rings (SSSR count). The molecule has 0 spiro atoms. The summed E-state index contributed by atoms with van der Waals surface area (Å²) in [7, 11) is 0. The molecule has 0 saturated carbocycles. The van der Waals surface area contributed by atoms with Gasteiger partial charge >= 0.3 is 0 Å². The van der Waals surface area contributed by atoms with E-state index in [1.54, 1.807) is 6.07 Å². The van der Waals surface area contributed by atoms with Gasteiger partial charge in [-0.15, -0.1) is 0 Å². The molecule has 2 heteroatoms. The van der Waals surface area contributed by atoms with Crippen molar-refractivity contribution in [3.63, 3.8) is 0 Å². The van der Waals surface area contributed by atoms with Gasteiger partial charge in [-0.05, 0) is 19.4 Å². The highest BCUT2D eigenvalue weighted by atomic mass is 16.4. The fourth-order valence-corrected chi connectivity index (χ4v) is 1.83. The molecule has 0 aliphatic rings. The van der Waals surface area contributed by atoms with Crippen LogP contribution in [0.3, 0.4) is 0 Å². The first-order valence-corrected chi connectivity index (χ1v) is 4.94. The smallest absolute Gasteiger partial charge is 0.176 e. The van der Waals surface area contributed by atoms with Crippen LogP contribution in [0.15, 0.2) is 22.6 Å². The van der Waals surface area contributed by atoms with Crippen molar-refractivity contribution in [2.45, 2.75) is 26.7 Å². The minimum atomic E-state index is 0.230. The van der Waals surface area contributed by atoms with Crippen LogP contribution in [0.1, 0.15) is 24.7 Å². The summed E-state index contributed by atoms with van der Waals surface area (Å²) in [6, 6.07) is 5.50. The van der Waals surface area contributed by atoms with Crippen molar-refractivity contribution in [1.82, 2.24) is 0 Å². The maximum Gasteiger partial charge on any atom is 0.176 e. The number of hydrogen-bond acceptors (Lipinski definition) is 2. The van der Waals surface area contributed by atoms with E-state index in [0.29, 0.717) is 5.58 Å². The van der Waals surface area contributed by atoms with Gasteiger partial charge in [-0.2, -0.15) is 0 Å². The first kappa shape index (κ1) is 9.13. The van der Waals surface area contributed by atoms with E-state index in [2.05, 4.69) is 6.92 Å². The van der Waals surface area contributed by atoms with Crippen molar-refractivity contribution in [2.24, 2.45) is 0 Å². The Morgan fingerprint density at radius 1 is 1.36 bits per heavy atom. The average Bonchev–Trinajstić information content (AvgIpc) is 2.47. The van der Waals surface area contributed by atoms with Crippen molar-refractivity contribution >= 4 is 11.0 Å². The van der Waals surface area contributed by atoms with Crippen LogP contribution >= 0.6 is 0 Å². The Morgan fingerprint density at radius 3 is 2.86 bits per heavy atom. The summed E-state index contributed by atoms with van der Waals surface area (Å²) >= 11 is 0. The number of rotatable bonds is 2. The molecule has 1 heterocycles. The van der Waals surface area contributed by atoms with Gasteiger partial charge in [-0.25, -0.2) is 0 Å². The average molecular weight is 190 g/mol. The number of aryl methyl sites for hydroxylation is 2. The summed E-state index contributed by atoms with van der Waals surface area (Å²) in [5, 5.41) is 10.6. The summed E-state index contributed by atoms with van der Waals surface area (Å²) < 4.78 is 5.53. The highest BCUT2D eigenvalue weighted by molar-refractivity contribution is 5.86. The molecular weight excluding hydrogens is 176 g/mol. The van der Waals surface area contributed by atoms with Gasteiger partial charge in [-0.3, -0.25) is 0 Å². The second-order valence-corrected chi connectivity index (χ2v) is 3.54. The lowest BCUT2D eigenvalue weighted by molar-refractivity contribution is 0.461. The fourth-order valence-electron chi connectivity index (χ4n) is 1.83. The largest absolute Gasteiger partial charge is 0.504 e. The Balaban J connectivity index is 2.70. The van der Waals surface area contributed by atoms with Crippen molar-refractivity contribution in [2.75, 3.05) is 0 Å². The number of benzene rings is 1. The fraction of sp³-hybridized carbons (Fsp3) is 0.333. The predicted octanol–water partition coefficient (Wildman–Crippen LogP) is 3.40. The van der Waals surface area contributed by atoms with Gasteiger partial charge in [0, 0.05) is 10.9 Å². The van der Waals surface area contributed by atoms with E-state index < -0.39 is 0 Å². The molecule has 0 saturated heterocycles. The Hall–Kier alpha value is -1.44. The number of aromatic hydroxyl groups is 1. The minimum Gasteiger partial charge on any atom is -0.504 e. The van der Waals surface area contributed by atoms with E-state index in [-0.39, 0.29) is 5.75 Å². The summed E-state index contributed by atoms with van der Waals surface area (Å²) in [5.74, 6) is 1.15. The first-order chi connectivity index (χ1) is 6.74. The monoisotopic (exact) mass is 190 g/mol. The molecule has 0 aliphatic heterocycles. The van der Waals surface area contributed by atoms with Gasteiger partial charge in [0.15, 0.2) is 11.3 Å². The molecule has 1 N–H and O–H groups in total. The third-order valence-electron chi connectivity index (χ3n) is 2.50. The van der Waals surface area contributed by atoms with Crippen LogP contribution in [0.2, 0.25) is 0 Å². The second kappa shape index (κ2) is 3.37. The molecule has 14 heavy (non-hydrogen) atoms. The SMILES string of the molecule is CCCc1c(C)oc2c(O)cccc12. The van der Waals surface area contributed by atoms with Gasteiger partial charge in [0.1, 0.15) is 5.76 Å². The second-order valence-electron chi connectivity index (χ2n) is 3.54. The van der Waals surface area contributed by atoms with Crippen LogP contribution in [0.5, 0.6) is 5.75 Å². The van der Waals surface area contributed by atoms with Crippen molar-refractivity contribution in [3.8, 4) is 5.75 Å². The van der Waals surface area contributed by atoms with Crippen LogP contribution in [-0.2, 0) is 6.42 Å². The highest BCUT2D eigenvalue weighted by Crippen LogP contribution is 2.32. The molecule has 0 unspecified atom stereocenters. The molecule has 0 amide bonds. The normalized spacial score (nSPS) is 11.0. The van der Waals surface area contributed by atoms with Crippen LogP contribution in [-0.4, -0.2) is 5.11 Å². The lowest BCUT2D eigenvalue weighted by Gasteiger charge is -1.95. The standard InChI is InChI=1S/C12H14O2/c1-3-5-9-8(2)14-12-10(9)6-4-7-11(12)13/h4,6-7,13H,3,5H2,1-2H3. The zero-order chi connectivity index (χ0) is 10.1. The number of furan rings is 1.